The molecule has 0 aliphatic heterocycles. The number of esters is 1. The molecule has 1 heterocycles. The number of hydrogen-bond donors (Lipinski definition) is 2. The van der Waals surface area contributed by atoms with Crippen molar-refractivity contribution in [1.82, 2.24) is 4.57 Å². The molecule has 7 nitrogen and oxygen atoms in total. The standard InChI is InChI=1S/C35H32N2O5/c1-35(2,3)42-34(41)26-16-14-24(15-17-26)22-37-31(33(39)40)30(25-12-8-5-9-13-25)29-20-27(18-19-28(29)32(37)38)36-21-23-10-6-4-7-11-23/h4-20,36H,21-22H2,1-3H3,(H,39,40). The van der Waals surface area contributed by atoms with Crippen molar-refractivity contribution in [2.75, 3.05) is 5.32 Å². The molecule has 0 unspecified atom stereocenters. The third-order valence-corrected chi connectivity index (χ3v) is 6.80. The first-order chi connectivity index (χ1) is 20.1. The highest BCUT2D eigenvalue weighted by atomic mass is 16.6. The molecular weight excluding hydrogens is 528 g/mol. The molecule has 5 rings (SSSR count). The monoisotopic (exact) mass is 560 g/mol. The van der Waals surface area contributed by atoms with Crippen molar-refractivity contribution in [2.45, 2.75) is 39.5 Å². The number of carboxylic acid groups (broad SMARTS) is 1. The van der Waals surface area contributed by atoms with Gasteiger partial charge in [-0.05, 0) is 73.2 Å². The lowest BCUT2D eigenvalue weighted by molar-refractivity contribution is 0.00693. The number of carbonyl (C=O) groups is 2. The zero-order valence-electron chi connectivity index (χ0n) is 23.8. The van der Waals surface area contributed by atoms with Crippen molar-refractivity contribution >= 4 is 28.4 Å². The van der Waals surface area contributed by atoms with E-state index < -0.39 is 23.1 Å². The molecule has 0 fully saturated rings. The molecular formula is C35H32N2O5. The average molecular weight is 561 g/mol. The molecule has 5 aromatic rings. The SMILES string of the molecule is CC(C)(C)OC(=O)c1ccc(Cn2c(C(=O)O)c(-c3ccccc3)c3cc(NCc4ccccc4)ccc3c2=O)cc1. The molecule has 0 aliphatic rings. The van der Waals surface area contributed by atoms with Crippen LogP contribution < -0.4 is 10.9 Å². The van der Waals surface area contributed by atoms with Crippen LogP contribution in [0, 0.1) is 0 Å². The van der Waals surface area contributed by atoms with E-state index in [1.807, 2.05) is 72.8 Å². The van der Waals surface area contributed by atoms with Crippen LogP contribution in [-0.4, -0.2) is 27.2 Å². The first kappa shape index (κ1) is 28.4. The van der Waals surface area contributed by atoms with E-state index in [4.69, 9.17) is 4.74 Å². The molecule has 2 N–H and O–H groups in total. The van der Waals surface area contributed by atoms with Gasteiger partial charge in [0.15, 0.2) is 0 Å². The molecule has 4 aromatic carbocycles. The van der Waals surface area contributed by atoms with Crippen molar-refractivity contribution in [1.29, 1.82) is 0 Å². The number of aromatic nitrogens is 1. The summed E-state index contributed by atoms with van der Waals surface area (Å²) in [6.07, 6.45) is 0. The number of nitrogens with zero attached hydrogens (tertiary/aromatic N) is 1. The molecule has 212 valence electrons. The number of anilines is 1. The fraction of sp³-hybridized carbons (Fsp3) is 0.171. The molecule has 0 radical (unpaired) electrons. The Morgan fingerprint density at radius 3 is 2.07 bits per heavy atom. The van der Waals surface area contributed by atoms with Crippen LogP contribution in [0.25, 0.3) is 21.9 Å². The lowest BCUT2D eigenvalue weighted by Crippen LogP contribution is -2.28. The number of pyridine rings is 1. The number of carbonyl (C=O) groups excluding carboxylic acids is 1. The third kappa shape index (κ3) is 6.25. The lowest BCUT2D eigenvalue weighted by Gasteiger charge is -2.20. The van der Waals surface area contributed by atoms with Crippen molar-refractivity contribution in [3.63, 3.8) is 0 Å². The predicted octanol–water partition coefficient (Wildman–Crippen LogP) is 6.98. The van der Waals surface area contributed by atoms with Gasteiger partial charge in [-0.2, -0.15) is 0 Å². The van der Waals surface area contributed by atoms with Crippen LogP contribution in [0.4, 0.5) is 5.69 Å². The van der Waals surface area contributed by atoms with E-state index >= 15 is 0 Å². The van der Waals surface area contributed by atoms with Crippen LogP contribution in [0.15, 0.2) is 108 Å². The first-order valence-corrected chi connectivity index (χ1v) is 13.7. The number of rotatable bonds is 8. The van der Waals surface area contributed by atoms with Gasteiger partial charge in [-0.1, -0.05) is 72.8 Å². The zero-order chi connectivity index (χ0) is 29.9. The summed E-state index contributed by atoms with van der Waals surface area (Å²) in [6, 6.07) is 31.3. The van der Waals surface area contributed by atoms with Crippen LogP contribution in [0.1, 0.15) is 52.7 Å². The molecule has 1 aromatic heterocycles. The minimum atomic E-state index is -1.21. The number of ether oxygens (including phenoxy) is 1. The smallest absolute Gasteiger partial charge is 0.353 e. The maximum absolute atomic E-state index is 13.9. The Bertz CT molecular complexity index is 1800. The van der Waals surface area contributed by atoms with E-state index in [1.54, 1.807) is 51.1 Å². The van der Waals surface area contributed by atoms with Gasteiger partial charge in [0.05, 0.1) is 12.1 Å². The van der Waals surface area contributed by atoms with Crippen molar-refractivity contribution < 1.29 is 19.4 Å². The second-order valence-corrected chi connectivity index (χ2v) is 11.1. The minimum absolute atomic E-state index is 0.0127. The Morgan fingerprint density at radius 2 is 1.45 bits per heavy atom. The Kier molecular flexibility index (Phi) is 7.93. The van der Waals surface area contributed by atoms with Crippen LogP contribution in [0.5, 0.6) is 0 Å². The average Bonchev–Trinajstić information content (AvgIpc) is 2.97. The topological polar surface area (TPSA) is 97.6 Å². The Labute approximate surface area is 244 Å². The van der Waals surface area contributed by atoms with Crippen LogP contribution in [0.2, 0.25) is 0 Å². The summed E-state index contributed by atoms with van der Waals surface area (Å²) in [4.78, 5) is 39.2. The molecule has 0 atom stereocenters. The largest absolute Gasteiger partial charge is 0.477 e. The van der Waals surface area contributed by atoms with E-state index in [0.717, 1.165) is 11.3 Å². The van der Waals surface area contributed by atoms with Gasteiger partial charge < -0.3 is 15.2 Å². The quantitative estimate of drug-likeness (QED) is 0.199. The molecule has 42 heavy (non-hydrogen) atoms. The van der Waals surface area contributed by atoms with Gasteiger partial charge in [0, 0.05) is 23.2 Å². The second-order valence-electron chi connectivity index (χ2n) is 11.1. The maximum Gasteiger partial charge on any atom is 0.353 e. The van der Waals surface area contributed by atoms with Gasteiger partial charge in [-0.3, -0.25) is 9.36 Å². The van der Waals surface area contributed by atoms with Crippen LogP contribution >= 0.6 is 0 Å². The van der Waals surface area contributed by atoms with Gasteiger partial charge in [-0.25, -0.2) is 9.59 Å². The number of nitrogens with one attached hydrogen (secondary N) is 1. The fourth-order valence-corrected chi connectivity index (χ4v) is 4.89. The fourth-order valence-electron chi connectivity index (χ4n) is 4.89. The summed E-state index contributed by atoms with van der Waals surface area (Å²) in [5.41, 5.74) is 2.93. The Hall–Kier alpha value is -5.17. The predicted molar refractivity (Wildman–Crippen MR) is 165 cm³/mol. The van der Waals surface area contributed by atoms with Gasteiger partial charge in [-0.15, -0.1) is 0 Å². The normalized spacial score (nSPS) is 11.3. The minimum Gasteiger partial charge on any atom is -0.477 e. The molecule has 0 amide bonds. The highest BCUT2D eigenvalue weighted by Crippen LogP contribution is 2.33. The summed E-state index contributed by atoms with van der Waals surface area (Å²) < 4.78 is 6.74. The second kappa shape index (κ2) is 11.7. The third-order valence-electron chi connectivity index (χ3n) is 6.80. The van der Waals surface area contributed by atoms with E-state index in [-0.39, 0.29) is 12.2 Å². The number of benzene rings is 4. The summed E-state index contributed by atoms with van der Waals surface area (Å²) in [5.74, 6) is -1.66. The van der Waals surface area contributed by atoms with E-state index in [9.17, 15) is 19.5 Å². The number of carboxylic acids is 1. The molecule has 0 bridgehead atoms. The number of fused-ring (bicyclic) bond motifs is 1. The van der Waals surface area contributed by atoms with E-state index in [1.165, 1.54) is 4.57 Å². The zero-order valence-corrected chi connectivity index (χ0v) is 23.8. The summed E-state index contributed by atoms with van der Waals surface area (Å²) >= 11 is 0. The number of hydrogen-bond acceptors (Lipinski definition) is 5. The van der Waals surface area contributed by atoms with E-state index in [2.05, 4.69) is 5.32 Å². The van der Waals surface area contributed by atoms with Crippen molar-refractivity contribution in [2.24, 2.45) is 0 Å². The van der Waals surface area contributed by atoms with Crippen LogP contribution in [0.3, 0.4) is 0 Å². The van der Waals surface area contributed by atoms with Gasteiger partial charge in [0.25, 0.3) is 5.56 Å². The lowest BCUT2D eigenvalue weighted by atomic mass is 9.96. The number of aromatic carboxylic acids is 1. The molecule has 0 aliphatic carbocycles. The maximum atomic E-state index is 13.9. The summed E-state index contributed by atoms with van der Waals surface area (Å²) in [7, 11) is 0. The highest BCUT2D eigenvalue weighted by Gasteiger charge is 2.24. The Morgan fingerprint density at radius 1 is 0.810 bits per heavy atom. The first-order valence-electron chi connectivity index (χ1n) is 13.7. The highest BCUT2D eigenvalue weighted by molar-refractivity contribution is 6.07. The molecule has 0 spiro atoms. The van der Waals surface area contributed by atoms with Crippen LogP contribution in [-0.2, 0) is 17.8 Å². The van der Waals surface area contributed by atoms with Gasteiger partial charge in [0.2, 0.25) is 0 Å². The van der Waals surface area contributed by atoms with Gasteiger partial charge >= 0.3 is 11.9 Å². The summed E-state index contributed by atoms with van der Waals surface area (Å²) in [5, 5.41) is 14.8. The molecule has 7 heteroatoms. The molecule has 0 saturated carbocycles. The van der Waals surface area contributed by atoms with Crippen molar-refractivity contribution in [3.8, 4) is 11.1 Å². The molecule has 0 saturated heterocycles. The van der Waals surface area contributed by atoms with Crippen molar-refractivity contribution in [3.05, 3.63) is 136 Å². The summed E-state index contributed by atoms with van der Waals surface area (Å²) in [6.45, 7) is 5.98. The van der Waals surface area contributed by atoms with E-state index in [0.29, 0.717) is 39.6 Å². The Balaban J connectivity index is 1.60. The van der Waals surface area contributed by atoms with Gasteiger partial charge in [0.1, 0.15) is 11.3 Å².